The zero-order valence-electron chi connectivity index (χ0n) is 9.67. The first-order valence-electron chi connectivity index (χ1n) is 5.17. The highest BCUT2D eigenvalue weighted by molar-refractivity contribution is 5.08. The minimum atomic E-state index is 0.291. The van der Waals surface area contributed by atoms with E-state index in [9.17, 15) is 0 Å². The molecule has 0 saturated carbocycles. The van der Waals surface area contributed by atoms with E-state index in [0.29, 0.717) is 5.54 Å². The molecule has 0 bridgehead atoms. The first-order valence-corrected chi connectivity index (χ1v) is 5.17. The lowest BCUT2D eigenvalue weighted by Gasteiger charge is -2.33. The van der Waals surface area contributed by atoms with Crippen molar-refractivity contribution >= 4 is 0 Å². The predicted molar refractivity (Wildman–Crippen MR) is 61.0 cm³/mol. The molecule has 0 N–H and O–H groups in total. The molecule has 1 nitrogen and oxygen atoms in total. The molecule has 1 aliphatic heterocycles. The van der Waals surface area contributed by atoms with Crippen molar-refractivity contribution in [2.45, 2.75) is 40.2 Å². The summed E-state index contributed by atoms with van der Waals surface area (Å²) in [5, 5.41) is 0. The average Bonchev–Trinajstić information content (AvgIpc) is 2.34. The van der Waals surface area contributed by atoms with E-state index in [4.69, 9.17) is 0 Å². The zero-order chi connectivity index (χ0) is 10.3. The van der Waals surface area contributed by atoms with Crippen LogP contribution >= 0.6 is 0 Å². The Bertz CT molecular complexity index is 158. The van der Waals surface area contributed by atoms with Crippen LogP contribution in [0.4, 0.5) is 0 Å². The Labute approximate surface area is 83.1 Å². The molecule has 1 heteroatoms. The molecule has 1 rings (SSSR count). The highest BCUT2D eigenvalue weighted by atomic mass is 15.2. The van der Waals surface area contributed by atoms with E-state index in [2.05, 4.69) is 50.0 Å². The maximum Gasteiger partial charge on any atom is 0.0174 e. The highest BCUT2D eigenvalue weighted by Crippen LogP contribution is 2.13. The Morgan fingerprint density at radius 3 is 1.62 bits per heavy atom. The molecule has 1 heterocycles. The third-order valence-electron chi connectivity index (χ3n) is 1.98. The highest BCUT2D eigenvalue weighted by Gasteiger charge is 2.18. The summed E-state index contributed by atoms with van der Waals surface area (Å²) >= 11 is 0. The molecular weight excluding hydrogens is 158 g/mol. The fraction of sp³-hybridized carbons (Fsp3) is 0.667. The molecule has 0 unspecified atom stereocenters. The second kappa shape index (κ2) is 5.98. The van der Waals surface area contributed by atoms with Crippen LogP contribution in [0.25, 0.3) is 0 Å². The van der Waals surface area contributed by atoms with E-state index in [1.54, 1.807) is 0 Å². The second-order valence-corrected chi connectivity index (χ2v) is 3.93. The molecule has 0 amide bonds. The van der Waals surface area contributed by atoms with Crippen LogP contribution < -0.4 is 0 Å². The van der Waals surface area contributed by atoms with Gasteiger partial charge in [-0.15, -0.1) is 0 Å². The van der Waals surface area contributed by atoms with Crippen LogP contribution in [0.1, 0.15) is 34.6 Å². The summed E-state index contributed by atoms with van der Waals surface area (Å²) in [5.41, 5.74) is 0.291. The smallest absolute Gasteiger partial charge is 0.0174 e. The molecular formula is C12H23N. The van der Waals surface area contributed by atoms with Gasteiger partial charge in [0, 0.05) is 18.6 Å². The molecule has 0 saturated heterocycles. The summed E-state index contributed by atoms with van der Waals surface area (Å²) in [7, 11) is 0. The fourth-order valence-corrected chi connectivity index (χ4v) is 1.16. The minimum absolute atomic E-state index is 0.291. The number of hydrogen-bond acceptors (Lipinski definition) is 1. The molecule has 0 aromatic carbocycles. The Hall–Kier alpha value is -0.560. The van der Waals surface area contributed by atoms with Gasteiger partial charge >= 0.3 is 0 Å². The SMILES string of the molecule is CC.CC(C)(C)N1CC=CC=CC1. The predicted octanol–water partition coefficient (Wildman–Crippen LogP) is 3.24. The van der Waals surface area contributed by atoms with E-state index >= 15 is 0 Å². The van der Waals surface area contributed by atoms with Gasteiger partial charge in [0.15, 0.2) is 0 Å². The summed E-state index contributed by atoms with van der Waals surface area (Å²) in [6, 6.07) is 0. The van der Waals surface area contributed by atoms with Gasteiger partial charge in [-0.3, -0.25) is 4.90 Å². The van der Waals surface area contributed by atoms with Crippen LogP contribution in [0.3, 0.4) is 0 Å². The van der Waals surface area contributed by atoms with Crippen LogP contribution in [0.15, 0.2) is 24.3 Å². The first kappa shape index (κ1) is 12.4. The summed E-state index contributed by atoms with van der Waals surface area (Å²) < 4.78 is 0. The van der Waals surface area contributed by atoms with Gasteiger partial charge in [-0.25, -0.2) is 0 Å². The Morgan fingerprint density at radius 1 is 0.923 bits per heavy atom. The molecule has 0 aromatic rings. The van der Waals surface area contributed by atoms with Crippen LogP contribution in [0, 0.1) is 0 Å². The van der Waals surface area contributed by atoms with Gasteiger partial charge < -0.3 is 0 Å². The quantitative estimate of drug-likeness (QED) is 0.554. The van der Waals surface area contributed by atoms with E-state index < -0.39 is 0 Å². The number of rotatable bonds is 0. The average molecular weight is 181 g/mol. The van der Waals surface area contributed by atoms with Crippen molar-refractivity contribution in [2.75, 3.05) is 13.1 Å². The summed E-state index contributed by atoms with van der Waals surface area (Å²) in [6.45, 7) is 12.9. The molecule has 0 aliphatic carbocycles. The van der Waals surface area contributed by atoms with Crippen molar-refractivity contribution < 1.29 is 0 Å². The van der Waals surface area contributed by atoms with Crippen molar-refractivity contribution in [3.05, 3.63) is 24.3 Å². The van der Waals surface area contributed by atoms with Crippen LogP contribution in [-0.4, -0.2) is 23.5 Å². The van der Waals surface area contributed by atoms with Crippen molar-refractivity contribution in [1.82, 2.24) is 4.90 Å². The van der Waals surface area contributed by atoms with E-state index in [1.807, 2.05) is 13.8 Å². The Kier molecular flexibility index (Phi) is 5.72. The van der Waals surface area contributed by atoms with E-state index in [-0.39, 0.29) is 0 Å². The first-order chi connectivity index (χ1) is 6.11. The summed E-state index contributed by atoms with van der Waals surface area (Å²) in [6.07, 6.45) is 8.64. The number of allylic oxidation sites excluding steroid dienone is 2. The molecule has 0 spiro atoms. The van der Waals surface area contributed by atoms with Crippen LogP contribution in [0.2, 0.25) is 0 Å². The molecule has 76 valence electrons. The molecule has 0 fully saturated rings. The van der Waals surface area contributed by atoms with Gasteiger partial charge in [0.2, 0.25) is 0 Å². The van der Waals surface area contributed by atoms with Gasteiger partial charge in [0.25, 0.3) is 0 Å². The molecule has 13 heavy (non-hydrogen) atoms. The van der Waals surface area contributed by atoms with Crippen molar-refractivity contribution in [1.29, 1.82) is 0 Å². The molecule has 0 atom stereocenters. The van der Waals surface area contributed by atoms with Gasteiger partial charge in [-0.05, 0) is 20.8 Å². The lowest BCUT2D eigenvalue weighted by atomic mass is 10.1. The maximum atomic E-state index is 2.44. The molecule has 0 radical (unpaired) electrons. The molecule has 1 aliphatic rings. The van der Waals surface area contributed by atoms with E-state index in [1.165, 1.54) is 0 Å². The van der Waals surface area contributed by atoms with Crippen molar-refractivity contribution in [3.8, 4) is 0 Å². The minimum Gasteiger partial charge on any atom is -0.291 e. The van der Waals surface area contributed by atoms with E-state index in [0.717, 1.165) is 13.1 Å². The van der Waals surface area contributed by atoms with Gasteiger partial charge in [-0.2, -0.15) is 0 Å². The maximum absolute atomic E-state index is 2.44. The normalized spacial score (nSPS) is 17.6. The van der Waals surface area contributed by atoms with Crippen LogP contribution in [-0.2, 0) is 0 Å². The zero-order valence-corrected chi connectivity index (χ0v) is 9.67. The fourth-order valence-electron chi connectivity index (χ4n) is 1.16. The third-order valence-corrected chi connectivity index (χ3v) is 1.98. The van der Waals surface area contributed by atoms with Crippen molar-refractivity contribution in [2.24, 2.45) is 0 Å². The van der Waals surface area contributed by atoms with Crippen LogP contribution in [0.5, 0.6) is 0 Å². The summed E-state index contributed by atoms with van der Waals surface area (Å²) in [5.74, 6) is 0. The van der Waals surface area contributed by atoms with Gasteiger partial charge in [0.1, 0.15) is 0 Å². The summed E-state index contributed by atoms with van der Waals surface area (Å²) in [4.78, 5) is 2.44. The lowest BCUT2D eigenvalue weighted by molar-refractivity contribution is 0.173. The molecule has 0 aromatic heterocycles. The topological polar surface area (TPSA) is 3.24 Å². The Morgan fingerprint density at radius 2 is 1.31 bits per heavy atom. The standard InChI is InChI=1S/C10H17N.C2H6/c1-10(2,3)11-8-6-4-5-7-9-11;1-2/h4-7H,8-9H2,1-3H3;1-2H3. The lowest BCUT2D eigenvalue weighted by Crippen LogP contribution is -2.41. The monoisotopic (exact) mass is 181 g/mol. The third kappa shape index (κ3) is 4.89. The van der Waals surface area contributed by atoms with Gasteiger partial charge in [0.05, 0.1) is 0 Å². The Balaban J connectivity index is 0.000000671. The number of hydrogen-bond donors (Lipinski definition) is 0. The second-order valence-electron chi connectivity index (χ2n) is 3.93. The number of nitrogens with zero attached hydrogens (tertiary/aromatic N) is 1. The van der Waals surface area contributed by atoms with Crippen molar-refractivity contribution in [3.63, 3.8) is 0 Å². The van der Waals surface area contributed by atoms with Gasteiger partial charge in [-0.1, -0.05) is 38.2 Å². The largest absolute Gasteiger partial charge is 0.291 e.